The van der Waals surface area contributed by atoms with E-state index in [1.165, 1.54) is 23.0 Å². The molecule has 0 aliphatic carbocycles. The van der Waals surface area contributed by atoms with E-state index in [2.05, 4.69) is 20.7 Å². The summed E-state index contributed by atoms with van der Waals surface area (Å²) in [6.07, 6.45) is 2.61. The Balaban J connectivity index is 1.50. The summed E-state index contributed by atoms with van der Waals surface area (Å²) in [6.45, 7) is 0. The topological polar surface area (TPSA) is 128 Å². The van der Waals surface area contributed by atoms with Crippen molar-refractivity contribution >= 4 is 50.7 Å². The molecule has 11 heteroatoms. The van der Waals surface area contributed by atoms with E-state index in [0.717, 1.165) is 16.9 Å². The first-order valence-corrected chi connectivity index (χ1v) is 11.9. The smallest absolute Gasteiger partial charge is 0.266 e. The van der Waals surface area contributed by atoms with E-state index in [-0.39, 0.29) is 17.6 Å². The third-order valence-electron chi connectivity index (χ3n) is 5.83. The van der Waals surface area contributed by atoms with Crippen molar-refractivity contribution in [1.29, 1.82) is 0 Å². The molecule has 0 unspecified atom stereocenters. The second-order valence-electron chi connectivity index (χ2n) is 8.25. The third kappa shape index (κ3) is 3.95. The monoisotopic (exact) mass is 499 g/mol. The summed E-state index contributed by atoms with van der Waals surface area (Å²) in [7, 11) is 0. The Bertz CT molecular complexity index is 1680. The number of halogens is 1. The summed E-state index contributed by atoms with van der Waals surface area (Å²) in [5.41, 5.74) is 9.00. The molecule has 1 aliphatic heterocycles. The molecule has 6 rings (SSSR count). The van der Waals surface area contributed by atoms with Gasteiger partial charge in [0.25, 0.3) is 5.91 Å². The Morgan fingerprint density at radius 2 is 2.00 bits per heavy atom. The second kappa shape index (κ2) is 8.54. The third-order valence-corrected chi connectivity index (χ3v) is 6.74. The number of nitrogens with one attached hydrogen (secondary N) is 2. The van der Waals surface area contributed by atoms with Crippen LogP contribution in [0.2, 0.25) is 0 Å². The van der Waals surface area contributed by atoms with Crippen LogP contribution in [0.3, 0.4) is 0 Å². The van der Waals surface area contributed by atoms with Crippen molar-refractivity contribution in [1.82, 2.24) is 19.7 Å². The first-order valence-electron chi connectivity index (χ1n) is 11.1. The summed E-state index contributed by atoms with van der Waals surface area (Å²) in [6, 6.07) is 14.9. The number of aromatic nitrogens is 4. The summed E-state index contributed by atoms with van der Waals surface area (Å²) < 4.78 is 15.5. The predicted octanol–water partition coefficient (Wildman–Crippen LogP) is 4.40. The van der Waals surface area contributed by atoms with Crippen molar-refractivity contribution in [2.45, 2.75) is 12.8 Å². The molecular formula is C25H18FN7O2S. The number of amides is 2. The molecule has 2 amide bonds. The van der Waals surface area contributed by atoms with Gasteiger partial charge in [0.1, 0.15) is 11.6 Å². The minimum absolute atomic E-state index is 0.0524. The molecular weight excluding hydrogens is 481 g/mol. The highest BCUT2D eigenvalue weighted by molar-refractivity contribution is 7.17. The Morgan fingerprint density at radius 1 is 1.11 bits per heavy atom. The van der Waals surface area contributed by atoms with E-state index in [0.29, 0.717) is 56.5 Å². The van der Waals surface area contributed by atoms with Gasteiger partial charge in [0.05, 0.1) is 27.1 Å². The lowest BCUT2D eigenvalue weighted by Gasteiger charge is -2.17. The van der Waals surface area contributed by atoms with Gasteiger partial charge < -0.3 is 16.4 Å². The molecule has 4 heterocycles. The lowest BCUT2D eigenvalue weighted by Crippen LogP contribution is -2.18. The molecule has 0 saturated carbocycles. The number of thiophene rings is 1. The lowest BCUT2D eigenvalue weighted by molar-refractivity contribution is -0.116. The van der Waals surface area contributed by atoms with E-state index >= 15 is 0 Å². The van der Waals surface area contributed by atoms with Gasteiger partial charge in [-0.3, -0.25) is 9.59 Å². The van der Waals surface area contributed by atoms with E-state index < -0.39 is 5.82 Å². The highest BCUT2D eigenvalue weighted by Crippen LogP contribution is 2.31. The summed E-state index contributed by atoms with van der Waals surface area (Å²) in [5.74, 6) is -0.289. The fraction of sp³-hybridized carbons (Fsp3) is 0.0800. The van der Waals surface area contributed by atoms with Crippen molar-refractivity contribution < 1.29 is 14.0 Å². The zero-order valence-corrected chi connectivity index (χ0v) is 19.5. The van der Waals surface area contributed by atoms with Crippen LogP contribution >= 0.6 is 11.3 Å². The van der Waals surface area contributed by atoms with Crippen molar-refractivity contribution in [3.05, 3.63) is 77.1 Å². The summed E-state index contributed by atoms with van der Waals surface area (Å²) in [5, 5.41) is 11.1. The SMILES string of the molecule is Nc1ccc(C(=O)Nc2nc(-c3ccc4c(c3)NC(=O)CC4)nc3c2cnn3-c2cccc(F)c2)s1. The molecule has 0 saturated heterocycles. The van der Waals surface area contributed by atoms with E-state index in [4.69, 9.17) is 10.7 Å². The van der Waals surface area contributed by atoms with Crippen molar-refractivity contribution in [3.63, 3.8) is 0 Å². The molecule has 1 aliphatic rings. The molecule has 0 atom stereocenters. The number of nitrogens with zero attached hydrogens (tertiary/aromatic N) is 4. The molecule has 0 bridgehead atoms. The van der Waals surface area contributed by atoms with Gasteiger partial charge in [-0.05, 0) is 48.4 Å². The zero-order chi connectivity index (χ0) is 24.8. The number of nitrogen functional groups attached to an aromatic ring is 1. The second-order valence-corrected chi connectivity index (χ2v) is 9.36. The predicted molar refractivity (Wildman–Crippen MR) is 136 cm³/mol. The molecule has 4 N–H and O–H groups in total. The van der Waals surface area contributed by atoms with Crippen LogP contribution in [0.5, 0.6) is 0 Å². The normalized spacial score (nSPS) is 12.9. The number of aryl methyl sites for hydroxylation is 1. The molecule has 178 valence electrons. The molecule has 0 fully saturated rings. The first kappa shape index (κ1) is 21.9. The van der Waals surface area contributed by atoms with Crippen LogP contribution < -0.4 is 16.4 Å². The molecule has 5 aromatic rings. The number of anilines is 3. The average Bonchev–Trinajstić information content (AvgIpc) is 3.50. The fourth-order valence-corrected chi connectivity index (χ4v) is 4.75. The lowest BCUT2D eigenvalue weighted by atomic mass is 10.0. The van der Waals surface area contributed by atoms with Crippen LogP contribution in [0.15, 0.2) is 60.8 Å². The van der Waals surface area contributed by atoms with Crippen molar-refractivity contribution in [2.24, 2.45) is 0 Å². The van der Waals surface area contributed by atoms with Crippen LogP contribution in [0, 0.1) is 5.82 Å². The number of nitrogens with two attached hydrogens (primary N) is 1. The maximum absolute atomic E-state index is 14.0. The molecule has 9 nitrogen and oxygen atoms in total. The zero-order valence-electron chi connectivity index (χ0n) is 18.7. The Labute approximate surface area is 207 Å². The van der Waals surface area contributed by atoms with Crippen molar-refractivity contribution in [3.8, 4) is 17.1 Å². The van der Waals surface area contributed by atoms with Gasteiger partial charge in [-0.1, -0.05) is 18.2 Å². The number of benzene rings is 2. The van der Waals surface area contributed by atoms with Crippen LogP contribution in [0.4, 0.5) is 20.9 Å². The van der Waals surface area contributed by atoms with Gasteiger partial charge in [-0.15, -0.1) is 11.3 Å². The Hall–Kier alpha value is -4.64. The minimum Gasteiger partial charge on any atom is -0.391 e. The fourth-order valence-electron chi connectivity index (χ4n) is 4.08. The molecule has 0 radical (unpaired) electrons. The first-order chi connectivity index (χ1) is 17.4. The maximum atomic E-state index is 14.0. The van der Waals surface area contributed by atoms with Crippen LogP contribution in [-0.2, 0) is 11.2 Å². The number of fused-ring (bicyclic) bond motifs is 2. The van der Waals surface area contributed by atoms with Gasteiger partial charge in [0, 0.05) is 17.7 Å². The summed E-state index contributed by atoms with van der Waals surface area (Å²) in [4.78, 5) is 34.6. The molecule has 2 aromatic carbocycles. The van der Waals surface area contributed by atoms with Gasteiger partial charge in [-0.2, -0.15) is 5.10 Å². The number of carbonyl (C=O) groups excluding carboxylic acids is 2. The highest BCUT2D eigenvalue weighted by Gasteiger charge is 2.20. The van der Waals surface area contributed by atoms with E-state index in [1.807, 2.05) is 18.2 Å². The van der Waals surface area contributed by atoms with Gasteiger partial charge in [0.2, 0.25) is 5.91 Å². The Kier molecular flexibility index (Phi) is 5.19. The summed E-state index contributed by atoms with van der Waals surface area (Å²) >= 11 is 1.16. The number of rotatable bonds is 4. The largest absolute Gasteiger partial charge is 0.391 e. The molecule has 36 heavy (non-hydrogen) atoms. The van der Waals surface area contributed by atoms with Gasteiger partial charge in [-0.25, -0.2) is 19.0 Å². The van der Waals surface area contributed by atoms with Crippen LogP contribution in [0.25, 0.3) is 28.1 Å². The van der Waals surface area contributed by atoms with E-state index in [1.54, 1.807) is 24.3 Å². The van der Waals surface area contributed by atoms with Crippen LogP contribution in [-0.4, -0.2) is 31.6 Å². The van der Waals surface area contributed by atoms with E-state index in [9.17, 15) is 14.0 Å². The van der Waals surface area contributed by atoms with Gasteiger partial charge >= 0.3 is 0 Å². The van der Waals surface area contributed by atoms with Crippen molar-refractivity contribution in [2.75, 3.05) is 16.4 Å². The Morgan fingerprint density at radius 3 is 2.81 bits per heavy atom. The number of hydrogen-bond donors (Lipinski definition) is 3. The highest BCUT2D eigenvalue weighted by atomic mass is 32.1. The number of hydrogen-bond acceptors (Lipinski definition) is 7. The van der Waals surface area contributed by atoms with Crippen LogP contribution in [0.1, 0.15) is 21.7 Å². The average molecular weight is 500 g/mol. The number of carbonyl (C=O) groups is 2. The molecule has 0 spiro atoms. The quantitative estimate of drug-likeness (QED) is 0.336. The van der Waals surface area contributed by atoms with Gasteiger partial charge in [0.15, 0.2) is 11.5 Å². The maximum Gasteiger partial charge on any atom is 0.266 e. The minimum atomic E-state index is -0.417. The standard InChI is InChI=1S/C25H18FN7O2S/c26-15-2-1-3-16(11-15)33-24-17(12-28-33)23(32-25(35)19-7-8-20(27)36-19)30-22(31-24)14-5-4-13-6-9-21(34)29-18(13)10-14/h1-5,7-8,10-12H,6,9,27H2,(H,29,34)(H,30,31,32,35). The molecule has 3 aromatic heterocycles.